The van der Waals surface area contributed by atoms with Crippen molar-refractivity contribution in [1.29, 1.82) is 0 Å². The average Bonchev–Trinajstić information content (AvgIpc) is 3.16. The molecule has 0 saturated carbocycles. The van der Waals surface area contributed by atoms with Crippen LogP contribution < -0.4 is 4.74 Å². The first-order chi connectivity index (χ1) is 11.3. The SMILES string of the molecule is COc1ccc(Cc2nn3c(-c4cccnc4)nnc3s2)cc1. The lowest BCUT2D eigenvalue weighted by Crippen LogP contribution is -1.94. The number of pyridine rings is 1. The second kappa shape index (κ2) is 5.77. The van der Waals surface area contributed by atoms with Crippen LogP contribution in [0, 0.1) is 0 Å². The number of rotatable bonds is 4. The largest absolute Gasteiger partial charge is 0.497 e. The molecule has 0 aliphatic rings. The fraction of sp³-hybridized carbons (Fsp3) is 0.125. The normalized spacial score (nSPS) is 11.0. The van der Waals surface area contributed by atoms with Gasteiger partial charge in [0.25, 0.3) is 0 Å². The van der Waals surface area contributed by atoms with E-state index in [0.717, 1.165) is 27.7 Å². The molecule has 0 bridgehead atoms. The van der Waals surface area contributed by atoms with Crippen LogP contribution >= 0.6 is 11.3 Å². The van der Waals surface area contributed by atoms with Crippen LogP contribution in [-0.2, 0) is 6.42 Å². The van der Waals surface area contributed by atoms with E-state index >= 15 is 0 Å². The Morgan fingerprint density at radius 2 is 2.00 bits per heavy atom. The zero-order chi connectivity index (χ0) is 15.6. The molecular weight excluding hydrogens is 310 g/mol. The van der Waals surface area contributed by atoms with Gasteiger partial charge in [0.05, 0.1) is 7.11 Å². The number of hydrogen-bond acceptors (Lipinski definition) is 6. The van der Waals surface area contributed by atoms with Crippen molar-refractivity contribution in [1.82, 2.24) is 24.8 Å². The first-order valence-corrected chi connectivity index (χ1v) is 7.89. The topological polar surface area (TPSA) is 65.2 Å². The van der Waals surface area contributed by atoms with E-state index in [1.165, 1.54) is 5.56 Å². The Morgan fingerprint density at radius 3 is 2.74 bits per heavy atom. The summed E-state index contributed by atoms with van der Waals surface area (Å²) in [4.78, 5) is 4.91. The number of ether oxygens (including phenoxy) is 1. The van der Waals surface area contributed by atoms with Gasteiger partial charge in [-0.25, -0.2) is 0 Å². The molecule has 4 aromatic rings. The van der Waals surface area contributed by atoms with Crippen LogP contribution in [0.5, 0.6) is 5.75 Å². The molecule has 23 heavy (non-hydrogen) atoms. The van der Waals surface area contributed by atoms with Gasteiger partial charge in [0.2, 0.25) is 4.96 Å². The van der Waals surface area contributed by atoms with Crippen LogP contribution in [0.2, 0.25) is 0 Å². The maximum absolute atomic E-state index is 5.18. The highest BCUT2D eigenvalue weighted by Gasteiger charge is 2.13. The van der Waals surface area contributed by atoms with Crippen LogP contribution in [0.25, 0.3) is 16.3 Å². The van der Waals surface area contributed by atoms with E-state index in [4.69, 9.17) is 4.74 Å². The predicted octanol–water partition coefficient (Wildman–Crippen LogP) is 2.85. The molecule has 0 unspecified atom stereocenters. The molecule has 3 heterocycles. The van der Waals surface area contributed by atoms with Gasteiger partial charge in [-0.05, 0) is 29.8 Å². The highest BCUT2D eigenvalue weighted by Crippen LogP contribution is 2.23. The highest BCUT2D eigenvalue weighted by molar-refractivity contribution is 7.16. The molecule has 7 heteroatoms. The summed E-state index contributed by atoms with van der Waals surface area (Å²) in [5.74, 6) is 1.57. The number of fused-ring (bicyclic) bond motifs is 1. The average molecular weight is 323 g/mol. The summed E-state index contributed by atoms with van der Waals surface area (Å²) < 4.78 is 6.96. The minimum atomic E-state index is 0.713. The highest BCUT2D eigenvalue weighted by atomic mass is 32.1. The molecule has 0 aliphatic carbocycles. The van der Waals surface area contributed by atoms with Gasteiger partial charge in [-0.15, -0.1) is 10.2 Å². The Morgan fingerprint density at radius 1 is 1.13 bits per heavy atom. The quantitative estimate of drug-likeness (QED) is 0.578. The lowest BCUT2D eigenvalue weighted by Gasteiger charge is -2.01. The fourth-order valence-electron chi connectivity index (χ4n) is 2.32. The lowest BCUT2D eigenvalue weighted by atomic mass is 10.1. The molecule has 114 valence electrons. The summed E-state index contributed by atoms with van der Waals surface area (Å²) in [6, 6.07) is 11.8. The Labute approximate surface area is 136 Å². The molecule has 0 spiro atoms. The molecule has 0 fully saturated rings. The van der Waals surface area contributed by atoms with Gasteiger partial charge in [0.15, 0.2) is 5.82 Å². The predicted molar refractivity (Wildman–Crippen MR) is 87.7 cm³/mol. The molecule has 0 aliphatic heterocycles. The van der Waals surface area contributed by atoms with Gasteiger partial charge in [0.1, 0.15) is 10.8 Å². The molecule has 0 saturated heterocycles. The molecule has 0 radical (unpaired) electrons. The van der Waals surface area contributed by atoms with E-state index in [2.05, 4.69) is 20.3 Å². The van der Waals surface area contributed by atoms with E-state index in [1.54, 1.807) is 35.4 Å². The molecular formula is C16H13N5OS. The summed E-state index contributed by atoms with van der Waals surface area (Å²) in [6.07, 6.45) is 4.25. The van der Waals surface area contributed by atoms with Gasteiger partial charge < -0.3 is 4.74 Å². The first-order valence-electron chi connectivity index (χ1n) is 7.08. The van der Waals surface area contributed by atoms with Crippen molar-refractivity contribution in [2.45, 2.75) is 6.42 Å². The van der Waals surface area contributed by atoms with Crippen LogP contribution in [0.15, 0.2) is 48.8 Å². The molecule has 0 atom stereocenters. The molecule has 6 nitrogen and oxygen atoms in total. The van der Waals surface area contributed by atoms with Crippen molar-refractivity contribution in [2.24, 2.45) is 0 Å². The van der Waals surface area contributed by atoms with Gasteiger partial charge >= 0.3 is 0 Å². The van der Waals surface area contributed by atoms with Crippen molar-refractivity contribution in [2.75, 3.05) is 7.11 Å². The summed E-state index contributed by atoms with van der Waals surface area (Å²) in [7, 11) is 1.66. The van der Waals surface area contributed by atoms with Gasteiger partial charge in [-0.3, -0.25) is 4.98 Å². The number of nitrogens with zero attached hydrogens (tertiary/aromatic N) is 5. The lowest BCUT2D eigenvalue weighted by molar-refractivity contribution is 0.414. The second-order valence-electron chi connectivity index (χ2n) is 4.98. The van der Waals surface area contributed by atoms with E-state index < -0.39 is 0 Å². The number of aromatic nitrogens is 5. The molecule has 3 aromatic heterocycles. The number of methoxy groups -OCH3 is 1. The van der Waals surface area contributed by atoms with E-state index in [1.807, 2.05) is 36.4 Å². The summed E-state index contributed by atoms with van der Waals surface area (Å²) in [5.41, 5.74) is 2.08. The maximum atomic E-state index is 5.18. The standard InChI is InChI=1S/C16H13N5OS/c1-22-13-6-4-11(5-7-13)9-14-20-21-15(18-19-16(21)23-14)12-3-2-8-17-10-12/h2-8,10H,9H2,1H3. The number of hydrogen-bond donors (Lipinski definition) is 0. The minimum absolute atomic E-state index is 0.713. The third-order valence-electron chi connectivity index (χ3n) is 3.47. The van der Waals surface area contributed by atoms with Crippen molar-refractivity contribution < 1.29 is 4.74 Å². The minimum Gasteiger partial charge on any atom is -0.497 e. The number of benzene rings is 1. The van der Waals surface area contributed by atoms with Crippen molar-refractivity contribution in [3.63, 3.8) is 0 Å². The third kappa shape index (κ3) is 2.66. The zero-order valence-corrected chi connectivity index (χ0v) is 13.2. The first kappa shape index (κ1) is 13.8. The third-order valence-corrected chi connectivity index (χ3v) is 4.37. The summed E-state index contributed by atoms with van der Waals surface area (Å²) in [6.45, 7) is 0. The van der Waals surface area contributed by atoms with Crippen molar-refractivity contribution in [3.05, 3.63) is 59.4 Å². The molecule has 4 rings (SSSR count). The zero-order valence-electron chi connectivity index (χ0n) is 12.4. The van der Waals surface area contributed by atoms with Gasteiger partial charge in [-0.2, -0.15) is 9.61 Å². The van der Waals surface area contributed by atoms with Crippen LogP contribution in [-0.4, -0.2) is 31.9 Å². The summed E-state index contributed by atoms with van der Waals surface area (Å²) >= 11 is 1.54. The van der Waals surface area contributed by atoms with Crippen molar-refractivity contribution >= 4 is 16.3 Å². The van der Waals surface area contributed by atoms with Gasteiger partial charge in [0, 0.05) is 24.4 Å². The maximum Gasteiger partial charge on any atom is 0.234 e. The van der Waals surface area contributed by atoms with Crippen LogP contribution in [0.3, 0.4) is 0 Å². The Kier molecular flexibility index (Phi) is 3.47. The molecule has 0 N–H and O–H groups in total. The Bertz CT molecular complexity index is 930. The van der Waals surface area contributed by atoms with E-state index in [9.17, 15) is 0 Å². The van der Waals surface area contributed by atoms with Crippen molar-refractivity contribution in [3.8, 4) is 17.1 Å². The van der Waals surface area contributed by atoms with E-state index in [-0.39, 0.29) is 0 Å². The van der Waals surface area contributed by atoms with Gasteiger partial charge in [-0.1, -0.05) is 23.5 Å². The molecule has 1 aromatic carbocycles. The van der Waals surface area contributed by atoms with E-state index in [0.29, 0.717) is 5.82 Å². The van der Waals surface area contributed by atoms with Crippen LogP contribution in [0.1, 0.15) is 10.6 Å². The summed E-state index contributed by atoms with van der Waals surface area (Å²) in [5, 5.41) is 14.0. The molecule has 0 amide bonds. The second-order valence-corrected chi connectivity index (χ2v) is 6.02. The Balaban J connectivity index is 1.65. The fourth-order valence-corrected chi connectivity index (χ4v) is 3.19. The Hall–Kier alpha value is -2.80. The monoisotopic (exact) mass is 323 g/mol. The smallest absolute Gasteiger partial charge is 0.234 e. The van der Waals surface area contributed by atoms with Crippen LogP contribution in [0.4, 0.5) is 0 Å².